The number of fused-ring (bicyclic) bond motifs is 2. The Kier molecular flexibility index (Phi) is 4.14. The number of para-hydroxylation sites is 2. The molecule has 2 atom stereocenters. The maximum Gasteiger partial charge on any atom is 0.259 e. The lowest BCUT2D eigenvalue weighted by Gasteiger charge is -2.34. The van der Waals surface area contributed by atoms with Crippen LogP contribution in [0, 0.1) is 5.92 Å². The van der Waals surface area contributed by atoms with Crippen LogP contribution in [-0.2, 0) is 11.8 Å². The van der Waals surface area contributed by atoms with Crippen LogP contribution in [0.3, 0.4) is 0 Å². The number of rotatable bonds is 2. The molecular formula is C21H19N7O3. The molecule has 0 aliphatic carbocycles. The average Bonchev–Trinajstić information content (AvgIpc) is 3.23. The number of nitrogens with zero attached hydrogens (tertiary/aromatic N) is 4. The van der Waals surface area contributed by atoms with Crippen molar-refractivity contribution in [1.29, 1.82) is 0 Å². The smallest absolute Gasteiger partial charge is 0.259 e. The van der Waals surface area contributed by atoms with Gasteiger partial charge in [0, 0.05) is 12.4 Å². The zero-order valence-electron chi connectivity index (χ0n) is 16.5. The van der Waals surface area contributed by atoms with Gasteiger partial charge in [-0.2, -0.15) is 5.10 Å². The lowest BCUT2D eigenvalue weighted by atomic mass is 9.90. The molecule has 1 amide bonds. The van der Waals surface area contributed by atoms with E-state index in [1.165, 1.54) is 4.57 Å². The van der Waals surface area contributed by atoms with Gasteiger partial charge in [0.1, 0.15) is 11.7 Å². The number of amidine groups is 1. The number of hydrogen-bond acceptors (Lipinski definition) is 7. The van der Waals surface area contributed by atoms with E-state index in [2.05, 4.69) is 20.9 Å². The summed E-state index contributed by atoms with van der Waals surface area (Å²) in [4.78, 5) is 27.8. The van der Waals surface area contributed by atoms with Crippen molar-refractivity contribution in [3.63, 3.8) is 0 Å². The highest BCUT2D eigenvalue weighted by atomic mass is 16.3. The van der Waals surface area contributed by atoms with E-state index in [4.69, 9.17) is 5.84 Å². The monoisotopic (exact) mass is 417 g/mol. The Bertz CT molecular complexity index is 1330. The summed E-state index contributed by atoms with van der Waals surface area (Å²) in [7, 11) is 1.63. The van der Waals surface area contributed by atoms with E-state index in [1.807, 2.05) is 30.3 Å². The summed E-state index contributed by atoms with van der Waals surface area (Å²) >= 11 is 0. The van der Waals surface area contributed by atoms with E-state index < -0.39 is 23.4 Å². The second kappa shape index (κ2) is 6.87. The fourth-order valence-corrected chi connectivity index (χ4v) is 4.17. The van der Waals surface area contributed by atoms with Crippen LogP contribution in [0.5, 0.6) is 5.75 Å². The van der Waals surface area contributed by atoms with Gasteiger partial charge in [0.15, 0.2) is 5.84 Å². The first-order chi connectivity index (χ1) is 15.0. The third-order valence-corrected chi connectivity index (χ3v) is 5.65. The molecular weight excluding hydrogens is 398 g/mol. The number of guanidine groups is 1. The van der Waals surface area contributed by atoms with Gasteiger partial charge in [0.2, 0.25) is 11.9 Å². The number of nitrogens with two attached hydrogens (primary N) is 1. The zero-order chi connectivity index (χ0) is 21.7. The normalized spacial score (nSPS) is 21.6. The number of amides is 1. The first-order valence-electron chi connectivity index (χ1n) is 9.60. The molecule has 5 rings (SSSR count). The summed E-state index contributed by atoms with van der Waals surface area (Å²) in [5.74, 6) is 4.47. The zero-order valence-corrected chi connectivity index (χ0v) is 16.5. The number of nitrogens with one attached hydrogen (secondary N) is 2. The molecule has 31 heavy (non-hydrogen) atoms. The highest BCUT2D eigenvalue weighted by Gasteiger charge is 2.48. The molecule has 5 N–H and O–H groups in total. The Morgan fingerprint density at radius 1 is 1.10 bits per heavy atom. The summed E-state index contributed by atoms with van der Waals surface area (Å²) in [6.45, 7) is 0. The Balaban J connectivity index is 1.66. The van der Waals surface area contributed by atoms with Crippen LogP contribution in [0.15, 0.2) is 69.6 Å². The van der Waals surface area contributed by atoms with E-state index in [9.17, 15) is 14.7 Å². The number of benzene rings is 2. The summed E-state index contributed by atoms with van der Waals surface area (Å²) < 4.78 is 1.45. The SMILES string of the molecule is Cn1c(=O)c(C2NN=C3C2C(=O)NC(=NN)N3c2ccccc2)c(O)c2ccccc21. The van der Waals surface area contributed by atoms with Crippen LogP contribution >= 0.6 is 0 Å². The second-order valence-electron chi connectivity index (χ2n) is 7.31. The third kappa shape index (κ3) is 2.65. The van der Waals surface area contributed by atoms with Gasteiger partial charge in [-0.3, -0.25) is 25.2 Å². The minimum Gasteiger partial charge on any atom is -0.507 e. The van der Waals surface area contributed by atoms with Crippen molar-refractivity contribution in [1.82, 2.24) is 15.3 Å². The van der Waals surface area contributed by atoms with Gasteiger partial charge in [-0.15, -0.1) is 5.10 Å². The fraction of sp³-hybridized carbons (Fsp3) is 0.143. The summed E-state index contributed by atoms with van der Waals surface area (Å²) in [6, 6.07) is 15.3. The number of aromatic nitrogens is 1. The van der Waals surface area contributed by atoms with Crippen LogP contribution in [-0.4, -0.2) is 27.4 Å². The molecule has 2 aliphatic heterocycles. The molecule has 2 unspecified atom stereocenters. The Morgan fingerprint density at radius 2 is 1.81 bits per heavy atom. The number of carbonyl (C=O) groups excluding carboxylic acids is 1. The van der Waals surface area contributed by atoms with Crippen molar-refractivity contribution < 1.29 is 9.90 Å². The number of anilines is 1. The molecule has 3 heterocycles. The maximum absolute atomic E-state index is 13.2. The first-order valence-corrected chi connectivity index (χ1v) is 9.60. The van der Waals surface area contributed by atoms with E-state index in [0.29, 0.717) is 22.4 Å². The summed E-state index contributed by atoms with van der Waals surface area (Å²) in [6.07, 6.45) is 0. The predicted octanol–water partition coefficient (Wildman–Crippen LogP) is 0.684. The van der Waals surface area contributed by atoms with Crippen molar-refractivity contribution >= 4 is 34.3 Å². The van der Waals surface area contributed by atoms with E-state index in [0.717, 1.165) is 0 Å². The molecule has 1 aromatic heterocycles. The Labute approximate surface area is 176 Å². The van der Waals surface area contributed by atoms with Crippen molar-refractivity contribution in [2.75, 3.05) is 4.90 Å². The topological polar surface area (TPSA) is 137 Å². The lowest BCUT2D eigenvalue weighted by molar-refractivity contribution is -0.122. The quantitative estimate of drug-likeness (QED) is 0.358. The van der Waals surface area contributed by atoms with Crippen molar-refractivity contribution in [3.8, 4) is 5.75 Å². The molecule has 1 fully saturated rings. The predicted molar refractivity (Wildman–Crippen MR) is 116 cm³/mol. The van der Waals surface area contributed by atoms with Crippen molar-refractivity contribution in [3.05, 3.63) is 70.5 Å². The van der Waals surface area contributed by atoms with Crippen LogP contribution < -0.4 is 27.0 Å². The Hall–Kier alpha value is -4.34. The average molecular weight is 417 g/mol. The molecule has 2 aromatic carbocycles. The Morgan fingerprint density at radius 3 is 2.55 bits per heavy atom. The van der Waals surface area contributed by atoms with Crippen LogP contribution in [0.25, 0.3) is 10.9 Å². The third-order valence-electron chi connectivity index (χ3n) is 5.65. The molecule has 0 bridgehead atoms. The lowest BCUT2D eigenvalue weighted by Crippen LogP contribution is -2.59. The van der Waals surface area contributed by atoms with Gasteiger partial charge in [0.05, 0.1) is 22.8 Å². The number of aromatic hydroxyl groups is 1. The van der Waals surface area contributed by atoms with Crippen LogP contribution in [0.4, 0.5) is 5.69 Å². The number of pyridine rings is 1. The maximum atomic E-state index is 13.2. The van der Waals surface area contributed by atoms with Gasteiger partial charge in [-0.25, -0.2) is 0 Å². The molecule has 10 heteroatoms. The van der Waals surface area contributed by atoms with Crippen LogP contribution in [0.1, 0.15) is 11.6 Å². The minimum atomic E-state index is -0.884. The standard InChI is InChI=1S/C21H19N7O3/c1-27-13-10-6-5-9-12(13)17(29)14(20(27)31)16-15-18(26-25-16)28(11-7-3-2-4-8-11)21(24-22)23-19(15)30/h2-10,15-16,25,29H,22H2,1H3,(H,23,24,30). The molecule has 0 spiro atoms. The molecule has 0 radical (unpaired) electrons. The fourth-order valence-electron chi connectivity index (χ4n) is 4.17. The van der Waals surface area contributed by atoms with Gasteiger partial charge in [0.25, 0.3) is 5.56 Å². The number of aryl methyl sites for hydroxylation is 1. The summed E-state index contributed by atoms with van der Waals surface area (Å²) in [5.41, 5.74) is 3.81. The molecule has 2 aliphatic rings. The largest absolute Gasteiger partial charge is 0.507 e. The van der Waals surface area contributed by atoms with Crippen molar-refractivity contribution in [2.45, 2.75) is 6.04 Å². The van der Waals surface area contributed by atoms with Crippen LogP contribution in [0.2, 0.25) is 0 Å². The highest BCUT2D eigenvalue weighted by molar-refractivity contribution is 6.31. The van der Waals surface area contributed by atoms with Gasteiger partial charge in [-0.1, -0.05) is 30.3 Å². The molecule has 3 aromatic rings. The number of hydrazone groups is 2. The van der Waals surface area contributed by atoms with E-state index in [1.54, 1.807) is 36.2 Å². The van der Waals surface area contributed by atoms with Gasteiger partial charge in [-0.05, 0) is 24.3 Å². The molecule has 1 saturated heterocycles. The number of carbonyl (C=O) groups is 1. The molecule has 156 valence electrons. The van der Waals surface area contributed by atoms with Crippen molar-refractivity contribution in [2.24, 2.45) is 29.0 Å². The summed E-state index contributed by atoms with van der Waals surface area (Å²) in [5, 5.41) is 22.2. The number of hydrogen-bond donors (Lipinski definition) is 4. The van der Waals surface area contributed by atoms with E-state index >= 15 is 0 Å². The molecule has 10 nitrogen and oxygen atoms in total. The molecule has 0 saturated carbocycles. The van der Waals surface area contributed by atoms with Gasteiger partial charge >= 0.3 is 0 Å². The van der Waals surface area contributed by atoms with Gasteiger partial charge < -0.3 is 15.5 Å². The highest BCUT2D eigenvalue weighted by Crippen LogP contribution is 2.38. The van der Waals surface area contributed by atoms with E-state index in [-0.39, 0.29) is 17.3 Å². The second-order valence-corrected chi connectivity index (χ2v) is 7.31. The minimum absolute atomic E-state index is 0.0706. The first kappa shape index (κ1) is 18.7.